The van der Waals surface area contributed by atoms with Crippen molar-refractivity contribution in [2.45, 2.75) is 13.0 Å². The van der Waals surface area contributed by atoms with Crippen LogP contribution in [0.15, 0.2) is 11.8 Å². The number of hydrogen-bond donors (Lipinski definition) is 3. The lowest BCUT2D eigenvalue weighted by Crippen LogP contribution is -2.35. The lowest BCUT2D eigenvalue weighted by molar-refractivity contribution is 0.0661. The zero-order valence-corrected chi connectivity index (χ0v) is 6.55. The van der Waals surface area contributed by atoms with E-state index in [0.29, 0.717) is 0 Å². The van der Waals surface area contributed by atoms with E-state index in [1.165, 1.54) is 0 Å². The molecule has 1 atom stereocenters. The predicted octanol–water partition coefficient (Wildman–Crippen LogP) is -0.185. The lowest BCUT2D eigenvalue weighted by Gasteiger charge is -2.24. The van der Waals surface area contributed by atoms with Gasteiger partial charge >= 0.3 is 0 Å². The van der Waals surface area contributed by atoms with E-state index in [2.05, 4.69) is 5.32 Å². The van der Waals surface area contributed by atoms with Crippen LogP contribution < -0.4 is 11.1 Å². The van der Waals surface area contributed by atoms with Crippen LogP contribution in [0, 0.1) is 5.41 Å². The van der Waals surface area contributed by atoms with Crippen LogP contribution in [0.4, 0.5) is 0 Å². The van der Waals surface area contributed by atoms with Crippen molar-refractivity contribution < 1.29 is 4.74 Å². The van der Waals surface area contributed by atoms with Crippen LogP contribution in [0.1, 0.15) is 6.92 Å². The van der Waals surface area contributed by atoms with Gasteiger partial charge < -0.3 is 15.8 Å². The molecule has 0 aromatic heterocycles. The van der Waals surface area contributed by atoms with Crippen molar-refractivity contribution in [3.63, 3.8) is 0 Å². The molecule has 1 saturated heterocycles. The second-order valence-electron chi connectivity index (χ2n) is 2.49. The molecular formula is C7H13N3O. The molecular weight excluding hydrogens is 142 g/mol. The van der Waals surface area contributed by atoms with Gasteiger partial charge in [0.05, 0.1) is 12.7 Å². The van der Waals surface area contributed by atoms with Gasteiger partial charge in [-0.3, -0.25) is 5.41 Å². The minimum Gasteiger partial charge on any atom is -0.384 e. The summed E-state index contributed by atoms with van der Waals surface area (Å²) >= 11 is 0. The monoisotopic (exact) mass is 155 g/mol. The molecule has 11 heavy (non-hydrogen) atoms. The Morgan fingerprint density at radius 3 is 3.18 bits per heavy atom. The number of hydrogen-bond acceptors (Lipinski definition) is 3. The third-order valence-corrected chi connectivity index (χ3v) is 1.55. The van der Waals surface area contributed by atoms with E-state index in [4.69, 9.17) is 15.9 Å². The predicted molar refractivity (Wildman–Crippen MR) is 43.4 cm³/mol. The second-order valence-corrected chi connectivity index (χ2v) is 2.49. The zero-order chi connectivity index (χ0) is 8.27. The highest BCUT2D eigenvalue weighted by molar-refractivity contribution is 5.89. The second kappa shape index (κ2) is 3.39. The highest BCUT2D eigenvalue weighted by atomic mass is 16.5. The maximum atomic E-state index is 7.03. The molecule has 1 aliphatic heterocycles. The molecule has 1 aliphatic rings. The van der Waals surface area contributed by atoms with Crippen LogP contribution in [0.2, 0.25) is 0 Å². The molecule has 4 heteroatoms. The van der Waals surface area contributed by atoms with Gasteiger partial charge in [0.25, 0.3) is 0 Å². The van der Waals surface area contributed by atoms with Crippen molar-refractivity contribution in [1.82, 2.24) is 5.32 Å². The van der Waals surface area contributed by atoms with Gasteiger partial charge in [-0.25, -0.2) is 0 Å². The minimum absolute atomic E-state index is 0.0349. The Morgan fingerprint density at radius 2 is 2.64 bits per heavy atom. The SMILES string of the molecule is CC1OCCN/C1=C\C(=N)N. The summed E-state index contributed by atoms with van der Waals surface area (Å²) in [7, 11) is 0. The average molecular weight is 155 g/mol. The molecule has 0 aromatic carbocycles. The van der Waals surface area contributed by atoms with Gasteiger partial charge in [-0.2, -0.15) is 0 Å². The minimum atomic E-state index is 0.0349. The van der Waals surface area contributed by atoms with E-state index in [-0.39, 0.29) is 11.9 Å². The number of ether oxygens (including phenoxy) is 1. The van der Waals surface area contributed by atoms with Crippen molar-refractivity contribution in [3.8, 4) is 0 Å². The quantitative estimate of drug-likeness (QED) is 0.363. The molecule has 0 aliphatic carbocycles. The fraction of sp³-hybridized carbons (Fsp3) is 0.571. The first-order valence-corrected chi connectivity index (χ1v) is 3.61. The average Bonchev–Trinajstić information content (AvgIpc) is 1.93. The Hall–Kier alpha value is -1.03. The van der Waals surface area contributed by atoms with Crippen molar-refractivity contribution in [2.24, 2.45) is 5.73 Å². The van der Waals surface area contributed by atoms with Gasteiger partial charge in [0.15, 0.2) is 0 Å². The molecule has 4 nitrogen and oxygen atoms in total. The molecule has 0 spiro atoms. The molecule has 62 valence electrons. The Bertz CT molecular complexity index is 188. The highest BCUT2D eigenvalue weighted by Gasteiger charge is 2.13. The van der Waals surface area contributed by atoms with E-state index in [9.17, 15) is 0 Å². The summed E-state index contributed by atoms with van der Waals surface area (Å²) in [6, 6.07) is 0. The highest BCUT2D eigenvalue weighted by Crippen LogP contribution is 2.06. The number of nitrogens with two attached hydrogens (primary N) is 1. The van der Waals surface area contributed by atoms with Crippen LogP contribution >= 0.6 is 0 Å². The molecule has 1 heterocycles. The van der Waals surface area contributed by atoms with Crippen LogP contribution in [0.5, 0.6) is 0 Å². The first-order chi connectivity index (χ1) is 5.20. The van der Waals surface area contributed by atoms with Crippen molar-refractivity contribution >= 4 is 5.84 Å². The van der Waals surface area contributed by atoms with Gasteiger partial charge in [0.2, 0.25) is 0 Å². The standard InChI is InChI=1S/C7H13N3O/c1-5-6(4-7(8)9)10-2-3-11-5/h4-5,10H,2-3H2,1H3,(H3,8,9)/b6-4-. The largest absolute Gasteiger partial charge is 0.384 e. The Morgan fingerprint density at radius 1 is 1.91 bits per heavy atom. The fourth-order valence-electron chi connectivity index (χ4n) is 1.00. The van der Waals surface area contributed by atoms with E-state index in [0.717, 1.165) is 18.8 Å². The fourth-order valence-corrected chi connectivity index (χ4v) is 1.00. The normalized spacial score (nSPS) is 28.1. The van der Waals surface area contributed by atoms with Crippen LogP contribution in [-0.4, -0.2) is 25.1 Å². The first-order valence-electron chi connectivity index (χ1n) is 3.61. The summed E-state index contributed by atoms with van der Waals surface area (Å²) in [5.74, 6) is 0.0600. The summed E-state index contributed by atoms with van der Waals surface area (Å²) in [6.07, 6.45) is 1.62. The van der Waals surface area contributed by atoms with Gasteiger partial charge in [0.1, 0.15) is 5.84 Å². The van der Waals surface area contributed by atoms with Gasteiger partial charge in [-0.05, 0) is 6.92 Å². The molecule has 1 rings (SSSR count). The van der Waals surface area contributed by atoms with Crippen LogP contribution in [-0.2, 0) is 4.74 Å². The third kappa shape index (κ3) is 2.23. The number of nitrogens with one attached hydrogen (secondary N) is 2. The molecule has 4 N–H and O–H groups in total. The first kappa shape index (κ1) is 8.07. The van der Waals surface area contributed by atoms with Crippen molar-refractivity contribution in [3.05, 3.63) is 11.8 Å². The number of rotatable bonds is 1. The number of amidine groups is 1. The summed E-state index contributed by atoms with van der Waals surface area (Å²) < 4.78 is 5.31. The summed E-state index contributed by atoms with van der Waals surface area (Å²) in [5, 5.41) is 10.1. The smallest absolute Gasteiger partial charge is 0.117 e. The lowest BCUT2D eigenvalue weighted by atomic mass is 10.2. The van der Waals surface area contributed by atoms with Crippen molar-refractivity contribution in [1.29, 1.82) is 5.41 Å². The van der Waals surface area contributed by atoms with Gasteiger partial charge in [-0.15, -0.1) is 0 Å². The Labute approximate surface area is 65.9 Å². The molecule has 0 saturated carbocycles. The van der Waals surface area contributed by atoms with E-state index in [1.54, 1.807) is 6.08 Å². The summed E-state index contributed by atoms with van der Waals surface area (Å²) in [5.41, 5.74) is 6.09. The van der Waals surface area contributed by atoms with Crippen molar-refractivity contribution in [2.75, 3.05) is 13.2 Å². The van der Waals surface area contributed by atoms with E-state index >= 15 is 0 Å². The van der Waals surface area contributed by atoms with Gasteiger partial charge in [-0.1, -0.05) is 0 Å². The topological polar surface area (TPSA) is 71.1 Å². The maximum Gasteiger partial charge on any atom is 0.117 e. The van der Waals surface area contributed by atoms with E-state index in [1.807, 2.05) is 6.92 Å². The van der Waals surface area contributed by atoms with Crippen LogP contribution in [0.25, 0.3) is 0 Å². The molecule has 0 radical (unpaired) electrons. The Kier molecular flexibility index (Phi) is 2.48. The van der Waals surface area contributed by atoms with E-state index < -0.39 is 0 Å². The Balaban J connectivity index is 2.60. The summed E-state index contributed by atoms with van der Waals surface area (Å²) in [6.45, 7) is 3.45. The van der Waals surface area contributed by atoms with Gasteiger partial charge in [0, 0.05) is 18.3 Å². The molecule has 0 bridgehead atoms. The molecule has 0 aromatic rings. The summed E-state index contributed by atoms with van der Waals surface area (Å²) in [4.78, 5) is 0. The molecule has 1 unspecified atom stereocenters. The maximum absolute atomic E-state index is 7.03. The third-order valence-electron chi connectivity index (χ3n) is 1.55. The zero-order valence-electron chi connectivity index (χ0n) is 6.55. The number of morpholine rings is 1. The molecule has 1 fully saturated rings. The van der Waals surface area contributed by atoms with Crippen LogP contribution in [0.3, 0.4) is 0 Å². The molecule has 0 amide bonds.